The first-order valence-electron chi connectivity index (χ1n) is 5.30. The highest BCUT2D eigenvalue weighted by atomic mass is 35.5. The number of halogens is 1. The summed E-state index contributed by atoms with van der Waals surface area (Å²) in [6.07, 6.45) is 0. The van der Waals surface area contributed by atoms with Gasteiger partial charge in [-0.3, -0.25) is 9.59 Å². The number of hydrogen-bond acceptors (Lipinski definition) is 3. The van der Waals surface area contributed by atoms with Crippen LogP contribution in [0.4, 0.5) is 0 Å². The second-order valence-corrected chi connectivity index (χ2v) is 4.49. The molecule has 0 unspecified atom stereocenters. The third-order valence-electron chi connectivity index (χ3n) is 2.97. The minimum absolute atomic E-state index is 0.0306. The Labute approximate surface area is 108 Å². The monoisotopic (exact) mass is 258 g/mol. The molecule has 0 saturated heterocycles. The van der Waals surface area contributed by atoms with Crippen molar-refractivity contribution < 1.29 is 14.7 Å². The average Bonchev–Trinajstić information content (AvgIpc) is 2.35. The van der Waals surface area contributed by atoms with E-state index in [-0.39, 0.29) is 33.5 Å². The number of aromatic hydroxyl groups is 1. The summed E-state index contributed by atoms with van der Waals surface area (Å²) in [7, 11) is 0. The fraction of sp³-hybridized carbons (Fsp3) is 0. The van der Waals surface area contributed by atoms with Gasteiger partial charge in [-0.25, -0.2) is 0 Å². The van der Waals surface area contributed by atoms with Crippen LogP contribution in [0.25, 0.3) is 0 Å². The summed E-state index contributed by atoms with van der Waals surface area (Å²) in [6.45, 7) is 0. The third kappa shape index (κ3) is 1.38. The Bertz CT molecular complexity index is 704. The van der Waals surface area contributed by atoms with Gasteiger partial charge in [0.2, 0.25) is 0 Å². The zero-order chi connectivity index (χ0) is 12.9. The van der Waals surface area contributed by atoms with Gasteiger partial charge in [0.15, 0.2) is 11.6 Å². The molecule has 1 N–H and O–H groups in total. The lowest BCUT2D eigenvalue weighted by Gasteiger charge is -2.18. The largest absolute Gasteiger partial charge is 0.507 e. The topological polar surface area (TPSA) is 54.4 Å². The number of carbonyl (C=O) groups excluding carboxylic acids is 2. The standard InChI is InChI=1S/C14H7ClO3/c15-7-5-10-12(11(16)6-7)14(18)9-4-2-1-3-8(9)13(10)17/h1-6,16H. The zero-order valence-corrected chi connectivity index (χ0v) is 9.86. The number of phenols is 1. The Balaban J connectivity index is 2.37. The maximum Gasteiger partial charge on any atom is 0.198 e. The van der Waals surface area contributed by atoms with E-state index in [0.29, 0.717) is 11.1 Å². The van der Waals surface area contributed by atoms with Crippen molar-refractivity contribution in [2.75, 3.05) is 0 Å². The van der Waals surface area contributed by atoms with Crippen molar-refractivity contribution in [2.45, 2.75) is 0 Å². The number of ketones is 2. The molecule has 3 rings (SSSR count). The molecule has 0 heterocycles. The number of benzene rings is 2. The molecule has 0 fully saturated rings. The van der Waals surface area contributed by atoms with Crippen molar-refractivity contribution >= 4 is 23.2 Å². The van der Waals surface area contributed by atoms with E-state index >= 15 is 0 Å². The second kappa shape index (κ2) is 3.68. The minimum Gasteiger partial charge on any atom is -0.507 e. The van der Waals surface area contributed by atoms with E-state index in [1.165, 1.54) is 12.1 Å². The molecule has 0 radical (unpaired) electrons. The molecule has 0 aliphatic heterocycles. The Morgan fingerprint density at radius 1 is 0.889 bits per heavy atom. The highest BCUT2D eigenvalue weighted by Gasteiger charge is 2.31. The summed E-state index contributed by atoms with van der Waals surface area (Å²) in [4.78, 5) is 24.5. The smallest absolute Gasteiger partial charge is 0.198 e. The summed E-state index contributed by atoms with van der Waals surface area (Å²) >= 11 is 5.80. The van der Waals surface area contributed by atoms with Gasteiger partial charge in [0.05, 0.1) is 5.56 Å². The summed E-state index contributed by atoms with van der Waals surface area (Å²) in [5, 5.41) is 10.0. The molecule has 0 spiro atoms. The van der Waals surface area contributed by atoms with Crippen LogP contribution in [0.2, 0.25) is 5.02 Å². The SMILES string of the molecule is O=C1c2ccccc2C(=O)c2c(O)cc(Cl)cc21. The second-order valence-electron chi connectivity index (χ2n) is 4.05. The lowest BCUT2D eigenvalue weighted by Crippen LogP contribution is -2.20. The van der Waals surface area contributed by atoms with E-state index in [9.17, 15) is 14.7 Å². The molecular weight excluding hydrogens is 252 g/mol. The van der Waals surface area contributed by atoms with E-state index in [4.69, 9.17) is 11.6 Å². The van der Waals surface area contributed by atoms with Gasteiger partial charge in [-0.1, -0.05) is 35.9 Å². The molecule has 2 aromatic rings. The fourth-order valence-electron chi connectivity index (χ4n) is 2.17. The minimum atomic E-state index is -0.352. The van der Waals surface area contributed by atoms with Crippen molar-refractivity contribution in [1.29, 1.82) is 0 Å². The van der Waals surface area contributed by atoms with Crippen LogP contribution in [-0.2, 0) is 0 Å². The Morgan fingerprint density at radius 2 is 1.50 bits per heavy atom. The molecule has 4 heteroatoms. The van der Waals surface area contributed by atoms with Crippen molar-refractivity contribution in [3.63, 3.8) is 0 Å². The number of carbonyl (C=O) groups is 2. The van der Waals surface area contributed by atoms with Crippen molar-refractivity contribution in [1.82, 2.24) is 0 Å². The molecule has 0 atom stereocenters. The molecule has 0 amide bonds. The van der Waals surface area contributed by atoms with Crippen LogP contribution in [0, 0.1) is 0 Å². The lowest BCUT2D eigenvalue weighted by atomic mass is 9.84. The Kier molecular flexibility index (Phi) is 2.25. The molecule has 88 valence electrons. The van der Waals surface area contributed by atoms with Gasteiger partial charge in [-0.2, -0.15) is 0 Å². The van der Waals surface area contributed by atoms with Gasteiger partial charge in [-0.15, -0.1) is 0 Å². The third-order valence-corrected chi connectivity index (χ3v) is 3.19. The van der Waals surface area contributed by atoms with E-state index in [1.54, 1.807) is 24.3 Å². The highest BCUT2D eigenvalue weighted by Crippen LogP contribution is 2.34. The number of rotatable bonds is 0. The van der Waals surface area contributed by atoms with Crippen molar-refractivity contribution in [3.8, 4) is 5.75 Å². The van der Waals surface area contributed by atoms with E-state index in [2.05, 4.69) is 0 Å². The van der Waals surface area contributed by atoms with Gasteiger partial charge in [0, 0.05) is 21.7 Å². The first-order chi connectivity index (χ1) is 8.59. The fourth-order valence-corrected chi connectivity index (χ4v) is 2.38. The molecule has 1 aliphatic rings. The maximum absolute atomic E-state index is 12.2. The van der Waals surface area contributed by atoms with Crippen molar-refractivity contribution in [2.24, 2.45) is 0 Å². The number of phenolic OH excluding ortho intramolecular Hbond substituents is 1. The predicted molar refractivity (Wildman–Crippen MR) is 66.4 cm³/mol. The van der Waals surface area contributed by atoms with E-state index < -0.39 is 0 Å². The summed E-state index contributed by atoms with van der Waals surface area (Å²) in [6, 6.07) is 9.22. The molecule has 3 nitrogen and oxygen atoms in total. The van der Waals surface area contributed by atoms with Crippen LogP contribution in [-0.4, -0.2) is 16.7 Å². The predicted octanol–water partition coefficient (Wildman–Crippen LogP) is 2.82. The van der Waals surface area contributed by atoms with Gasteiger partial charge < -0.3 is 5.11 Å². The zero-order valence-electron chi connectivity index (χ0n) is 9.11. The Morgan fingerprint density at radius 3 is 2.17 bits per heavy atom. The lowest BCUT2D eigenvalue weighted by molar-refractivity contribution is 0.0976. The van der Waals surface area contributed by atoms with E-state index in [0.717, 1.165) is 0 Å². The van der Waals surface area contributed by atoms with Crippen LogP contribution in [0.5, 0.6) is 5.75 Å². The van der Waals surface area contributed by atoms with Gasteiger partial charge >= 0.3 is 0 Å². The first kappa shape index (κ1) is 11.0. The van der Waals surface area contributed by atoms with Gasteiger partial charge in [0.1, 0.15) is 5.75 Å². The van der Waals surface area contributed by atoms with Gasteiger partial charge in [-0.05, 0) is 12.1 Å². The quantitative estimate of drug-likeness (QED) is 0.675. The van der Waals surface area contributed by atoms with Gasteiger partial charge in [0.25, 0.3) is 0 Å². The van der Waals surface area contributed by atoms with Crippen LogP contribution in [0.15, 0.2) is 36.4 Å². The maximum atomic E-state index is 12.2. The van der Waals surface area contributed by atoms with Crippen molar-refractivity contribution in [3.05, 3.63) is 63.7 Å². The number of hydrogen-bond donors (Lipinski definition) is 1. The summed E-state index contributed by atoms with van der Waals surface area (Å²) in [5.74, 6) is -0.905. The molecular formula is C14H7ClO3. The summed E-state index contributed by atoms with van der Waals surface area (Å²) in [5.41, 5.74) is 0.844. The van der Waals surface area contributed by atoms with E-state index in [1.807, 2.05) is 0 Å². The molecule has 0 aromatic heterocycles. The molecule has 0 saturated carbocycles. The Hall–Kier alpha value is -2.13. The first-order valence-corrected chi connectivity index (χ1v) is 5.68. The van der Waals surface area contributed by atoms with Crippen LogP contribution >= 0.6 is 11.6 Å². The molecule has 1 aliphatic carbocycles. The van der Waals surface area contributed by atoms with Crippen LogP contribution in [0.3, 0.4) is 0 Å². The molecule has 18 heavy (non-hydrogen) atoms. The molecule has 2 aromatic carbocycles. The number of fused-ring (bicyclic) bond motifs is 2. The molecule has 0 bridgehead atoms. The summed E-state index contributed by atoms with van der Waals surface area (Å²) < 4.78 is 0. The van der Waals surface area contributed by atoms with Crippen LogP contribution < -0.4 is 0 Å². The normalized spacial score (nSPS) is 13.2. The average molecular weight is 259 g/mol. The van der Waals surface area contributed by atoms with Crippen LogP contribution in [0.1, 0.15) is 31.8 Å². The highest BCUT2D eigenvalue weighted by molar-refractivity contribution is 6.34.